The number of carbonyl (C=O) groups is 3. The standard InChI is InChI=1S/C7H9NO4S/c1-4(6(10)11)8-5(9)2-3-13-7(8)12/h4H,2-3H2,1H3,(H,10,11). The number of nitrogens with zero attached hydrogens (tertiary/aromatic N) is 1. The van der Waals surface area contributed by atoms with Crippen LogP contribution >= 0.6 is 11.8 Å². The monoisotopic (exact) mass is 203 g/mol. The van der Waals surface area contributed by atoms with Gasteiger partial charge >= 0.3 is 5.97 Å². The van der Waals surface area contributed by atoms with Crippen molar-refractivity contribution < 1.29 is 19.5 Å². The SMILES string of the molecule is CC(C(=O)O)N1C(=O)CCSC1=O. The molecule has 1 fully saturated rings. The predicted octanol–water partition coefficient (Wildman–Crippen LogP) is 0.545. The molecule has 1 saturated heterocycles. The molecule has 72 valence electrons. The fourth-order valence-electron chi connectivity index (χ4n) is 1.00. The summed E-state index contributed by atoms with van der Waals surface area (Å²) in [7, 11) is 0. The second-order valence-corrected chi connectivity index (χ2v) is 3.69. The predicted molar refractivity (Wildman–Crippen MR) is 46.4 cm³/mol. The number of hydrogen-bond donors (Lipinski definition) is 1. The third-order valence-electron chi connectivity index (χ3n) is 1.75. The molecule has 1 atom stereocenters. The van der Waals surface area contributed by atoms with Gasteiger partial charge in [-0.3, -0.25) is 14.5 Å². The van der Waals surface area contributed by atoms with Crippen LogP contribution in [0.25, 0.3) is 0 Å². The lowest BCUT2D eigenvalue weighted by atomic mass is 10.3. The Morgan fingerprint density at radius 2 is 2.23 bits per heavy atom. The van der Waals surface area contributed by atoms with E-state index >= 15 is 0 Å². The van der Waals surface area contributed by atoms with Crippen LogP contribution < -0.4 is 0 Å². The average Bonchev–Trinajstić information content (AvgIpc) is 2.03. The molecule has 0 radical (unpaired) electrons. The minimum absolute atomic E-state index is 0.230. The fourth-order valence-corrected chi connectivity index (χ4v) is 1.85. The number of carboxylic acid groups (broad SMARTS) is 1. The molecular weight excluding hydrogens is 194 g/mol. The van der Waals surface area contributed by atoms with Crippen molar-refractivity contribution in [2.45, 2.75) is 19.4 Å². The lowest BCUT2D eigenvalue weighted by Crippen LogP contribution is -2.47. The maximum absolute atomic E-state index is 11.2. The Hall–Kier alpha value is -1.04. The van der Waals surface area contributed by atoms with Crippen molar-refractivity contribution in [1.82, 2.24) is 4.90 Å². The Bertz CT molecular complexity index is 249. The second kappa shape index (κ2) is 3.78. The number of thioether (sulfide) groups is 1. The highest BCUT2D eigenvalue weighted by Gasteiger charge is 2.34. The van der Waals surface area contributed by atoms with Crippen molar-refractivity contribution in [3.8, 4) is 0 Å². The molecule has 0 aliphatic carbocycles. The minimum atomic E-state index is -1.16. The summed E-state index contributed by atoms with van der Waals surface area (Å²) in [5, 5.41) is 8.15. The van der Waals surface area contributed by atoms with Gasteiger partial charge in [-0.1, -0.05) is 11.8 Å². The van der Waals surface area contributed by atoms with Gasteiger partial charge in [-0.2, -0.15) is 0 Å². The Morgan fingerprint density at radius 3 is 2.69 bits per heavy atom. The molecule has 1 aliphatic rings. The number of carbonyl (C=O) groups excluding carboxylic acids is 2. The Morgan fingerprint density at radius 1 is 1.62 bits per heavy atom. The van der Waals surface area contributed by atoms with E-state index in [4.69, 9.17) is 5.11 Å². The maximum Gasteiger partial charge on any atom is 0.326 e. The third-order valence-corrected chi connectivity index (χ3v) is 2.60. The summed E-state index contributed by atoms with van der Waals surface area (Å²) in [5.74, 6) is -1.12. The van der Waals surface area contributed by atoms with Gasteiger partial charge in [-0.05, 0) is 6.92 Å². The van der Waals surface area contributed by atoms with Gasteiger partial charge in [0.2, 0.25) is 5.91 Å². The highest BCUT2D eigenvalue weighted by atomic mass is 32.2. The van der Waals surface area contributed by atoms with Crippen LogP contribution in [-0.4, -0.2) is 38.9 Å². The number of amides is 2. The van der Waals surface area contributed by atoms with Crippen LogP contribution in [0.1, 0.15) is 13.3 Å². The van der Waals surface area contributed by atoms with Crippen LogP contribution in [-0.2, 0) is 9.59 Å². The zero-order chi connectivity index (χ0) is 10.0. The first-order valence-electron chi connectivity index (χ1n) is 3.75. The van der Waals surface area contributed by atoms with E-state index in [1.807, 2.05) is 0 Å². The number of rotatable bonds is 2. The average molecular weight is 203 g/mol. The Balaban J connectivity index is 2.80. The van der Waals surface area contributed by atoms with Crippen LogP contribution in [0.2, 0.25) is 0 Å². The highest BCUT2D eigenvalue weighted by molar-refractivity contribution is 8.13. The minimum Gasteiger partial charge on any atom is -0.480 e. The summed E-state index contributed by atoms with van der Waals surface area (Å²) in [6.45, 7) is 1.32. The molecule has 0 aromatic carbocycles. The molecule has 1 unspecified atom stereocenters. The third kappa shape index (κ3) is 2.00. The largest absolute Gasteiger partial charge is 0.480 e. The van der Waals surface area contributed by atoms with E-state index in [9.17, 15) is 14.4 Å². The summed E-state index contributed by atoms with van der Waals surface area (Å²) < 4.78 is 0. The van der Waals surface area contributed by atoms with E-state index < -0.39 is 23.2 Å². The van der Waals surface area contributed by atoms with Crippen molar-refractivity contribution >= 4 is 28.9 Å². The molecule has 0 aromatic rings. The van der Waals surface area contributed by atoms with Gasteiger partial charge in [0.1, 0.15) is 6.04 Å². The quantitative estimate of drug-likeness (QED) is 0.709. The van der Waals surface area contributed by atoms with Crippen LogP contribution in [0.4, 0.5) is 4.79 Å². The molecule has 0 aromatic heterocycles. The molecular formula is C7H9NO4S. The number of imide groups is 1. The van der Waals surface area contributed by atoms with Gasteiger partial charge in [0, 0.05) is 12.2 Å². The summed E-state index contributed by atoms with van der Waals surface area (Å²) >= 11 is 0.979. The van der Waals surface area contributed by atoms with E-state index in [1.165, 1.54) is 6.92 Å². The molecule has 0 saturated carbocycles. The molecule has 0 bridgehead atoms. The lowest BCUT2D eigenvalue weighted by Gasteiger charge is -2.27. The lowest BCUT2D eigenvalue weighted by molar-refractivity contribution is -0.146. The van der Waals surface area contributed by atoms with Gasteiger partial charge in [0.25, 0.3) is 5.24 Å². The van der Waals surface area contributed by atoms with Crippen LogP contribution in [0, 0.1) is 0 Å². The first-order chi connectivity index (χ1) is 6.04. The number of carboxylic acids is 1. The Kier molecular flexibility index (Phi) is 2.92. The molecule has 0 spiro atoms. The summed E-state index contributed by atoms with van der Waals surface area (Å²) in [6, 6.07) is -1.06. The van der Waals surface area contributed by atoms with E-state index in [-0.39, 0.29) is 6.42 Å². The topological polar surface area (TPSA) is 74.7 Å². The van der Waals surface area contributed by atoms with Crippen molar-refractivity contribution in [3.63, 3.8) is 0 Å². The molecule has 13 heavy (non-hydrogen) atoms. The van der Waals surface area contributed by atoms with E-state index in [2.05, 4.69) is 0 Å². The highest BCUT2D eigenvalue weighted by Crippen LogP contribution is 2.20. The maximum atomic E-state index is 11.2. The van der Waals surface area contributed by atoms with Crippen LogP contribution in [0.15, 0.2) is 0 Å². The van der Waals surface area contributed by atoms with Gasteiger partial charge in [-0.25, -0.2) is 4.79 Å². The summed E-state index contributed by atoms with van der Waals surface area (Å²) in [4.78, 5) is 33.7. The van der Waals surface area contributed by atoms with Crippen molar-refractivity contribution in [2.75, 3.05) is 5.75 Å². The molecule has 1 aliphatic heterocycles. The zero-order valence-corrected chi connectivity index (χ0v) is 7.84. The van der Waals surface area contributed by atoms with Gasteiger partial charge in [0.15, 0.2) is 0 Å². The van der Waals surface area contributed by atoms with Crippen LogP contribution in [0.3, 0.4) is 0 Å². The van der Waals surface area contributed by atoms with Crippen molar-refractivity contribution in [1.29, 1.82) is 0 Å². The summed E-state index contributed by atoms with van der Waals surface area (Å²) in [6.07, 6.45) is 0.230. The molecule has 2 amide bonds. The molecule has 5 nitrogen and oxygen atoms in total. The van der Waals surface area contributed by atoms with Crippen molar-refractivity contribution in [2.24, 2.45) is 0 Å². The van der Waals surface area contributed by atoms with Gasteiger partial charge < -0.3 is 5.11 Å². The van der Waals surface area contributed by atoms with E-state index in [0.29, 0.717) is 5.75 Å². The molecule has 1 N–H and O–H groups in total. The number of hydrogen-bond acceptors (Lipinski definition) is 4. The smallest absolute Gasteiger partial charge is 0.326 e. The van der Waals surface area contributed by atoms with Crippen LogP contribution in [0.5, 0.6) is 0 Å². The second-order valence-electron chi connectivity index (χ2n) is 2.64. The zero-order valence-electron chi connectivity index (χ0n) is 7.02. The molecule has 6 heteroatoms. The fraction of sp³-hybridized carbons (Fsp3) is 0.571. The normalized spacial score (nSPS) is 20.2. The molecule has 1 heterocycles. The first kappa shape index (κ1) is 10.0. The Labute approximate surface area is 79.1 Å². The number of aliphatic carboxylic acids is 1. The first-order valence-corrected chi connectivity index (χ1v) is 4.74. The van der Waals surface area contributed by atoms with E-state index in [1.54, 1.807) is 0 Å². The van der Waals surface area contributed by atoms with Gasteiger partial charge in [-0.15, -0.1) is 0 Å². The summed E-state index contributed by atoms with van der Waals surface area (Å²) in [5.41, 5.74) is 0. The van der Waals surface area contributed by atoms with Crippen molar-refractivity contribution in [3.05, 3.63) is 0 Å². The van der Waals surface area contributed by atoms with Gasteiger partial charge in [0.05, 0.1) is 0 Å². The van der Waals surface area contributed by atoms with E-state index in [0.717, 1.165) is 16.7 Å². The molecule has 1 rings (SSSR count).